The third-order valence-corrected chi connectivity index (χ3v) is 2.73. The topological polar surface area (TPSA) is 26.0 Å². The van der Waals surface area contributed by atoms with Crippen LogP contribution in [0.1, 0.15) is 6.92 Å². The zero-order chi connectivity index (χ0) is 9.84. The van der Waals surface area contributed by atoms with E-state index in [2.05, 4.69) is 0 Å². The van der Waals surface area contributed by atoms with Gasteiger partial charge in [-0.2, -0.15) is 0 Å². The average molecular weight is 203 g/mol. The highest BCUT2D eigenvalue weighted by molar-refractivity contribution is 7.99. The Morgan fingerprint density at radius 2 is 2.15 bits per heavy atom. The minimum Gasteiger partial charge on any atom is -0.327 e. The third-order valence-electron chi connectivity index (χ3n) is 1.40. The Labute approximate surface area is 80.3 Å². The molecular weight excluding hydrogens is 192 g/mol. The summed E-state index contributed by atoms with van der Waals surface area (Å²) in [5.74, 6) is -0.448. The lowest BCUT2D eigenvalue weighted by atomic mass is 10.3. The average Bonchev–Trinajstić information content (AvgIpc) is 2.02. The molecule has 1 rings (SSSR count). The van der Waals surface area contributed by atoms with Gasteiger partial charge in [-0.25, -0.2) is 8.78 Å². The maximum absolute atomic E-state index is 13.0. The maximum Gasteiger partial charge on any atom is 0.139 e. The van der Waals surface area contributed by atoms with E-state index in [1.54, 1.807) is 0 Å². The number of thioether (sulfide) groups is 1. The zero-order valence-electron chi connectivity index (χ0n) is 7.26. The van der Waals surface area contributed by atoms with Crippen LogP contribution < -0.4 is 5.73 Å². The van der Waals surface area contributed by atoms with Crippen molar-refractivity contribution in [2.24, 2.45) is 5.73 Å². The summed E-state index contributed by atoms with van der Waals surface area (Å²) in [7, 11) is 0. The van der Waals surface area contributed by atoms with E-state index in [-0.39, 0.29) is 6.04 Å². The molecule has 0 amide bonds. The molecule has 0 radical (unpaired) electrons. The van der Waals surface area contributed by atoms with Crippen molar-refractivity contribution in [3.63, 3.8) is 0 Å². The summed E-state index contributed by atoms with van der Waals surface area (Å²) in [6.45, 7) is 1.84. The van der Waals surface area contributed by atoms with Gasteiger partial charge in [-0.1, -0.05) is 0 Å². The lowest BCUT2D eigenvalue weighted by Gasteiger charge is -2.05. The molecular formula is C9H11F2NS. The van der Waals surface area contributed by atoms with Gasteiger partial charge in [0.1, 0.15) is 11.6 Å². The maximum atomic E-state index is 13.0. The van der Waals surface area contributed by atoms with Gasteiger partial charge < -0.3 is 5.73 Å². The molecule has 0 aromatic heterocycles. The van der Waals surface area contributed by atoms with Crippen LogP contribution in [0.15, 0.2) is 23.1 Å². The van der Waals surface area contributed by atoms with E-state index in [1.807, 2.05) is 6.92 Å². The zero-order valence-corrected chi connectivity index (χ0v) is 8.07. The van der Waals surface area contributed by atoms with Crippen LogP contribution in [-0.4, -0.2) is 11.8 Å². The summed E-state index contributed by atoms with van der Waals surface area (Å²) in [6.07, 6.45) is 0. The Hall–Kier alpha value is -0.610. The number of nitrogens with two attached hydrogens (primary N) is 1. The summed E-state index contributed by atoms with van der Waals surface area (Å²) in [6, 6.07) is 3.56. The molecule has 0 aliphatic carbocycles. The fourth-order valence-electron chi connectivity index (χ4n) is 0.813. The highest BCUT2D eigenvalue weighted by Gasteiger charge is 2.04. The molecule has 0 fully saturated rings. The Balaban J connectivity index is 2.67. The summed E-state index contributed by atoms with van der Waals surface area (Å²) in [4.78, 5) is 0.443. The molecule has 0 saturated heterocycles. The van der Waals surface area contributed by atoms with Crippen LogP contribution in [0.4, 0.5) is 8.78 Å². The monoisotopic (exact) mass is 203 g/mol. The van der Waals surface area contributed by atoms with Crippen molar-refractivity contribution in [2.45, 2.75) is 17.9 Å². The molecule has 1 aromatic carbocycles. The molecule has 1 aromatic rings. The molecule has 72 valence electrons. The third kappa shape index (κ3) is 3.32. The van der Waals surface area contributed by atoms with Crippen molar-refractivity contribution in [1.29, 1.82) is 0 Å². The van der Waals surface area contributed by atoms with Gasteiger partial charge in [0.15, 0.2) is 0 Å². The highest BCUT2D eigenvalue weighted by Crippen LogP contribution is 2.22. The van der Waals surface area contributed by atoms with Crippen LogP contribution in [0.25, 0.3) is 0 Å². The van der Waals surface area contributed by atoms with E-state index in [0.717, 1.165) is 6.07 Å². The fourth-order valence-corrected chi connectivity index (χ4v) is 1.62. The molecule has 4 heteroatoms. The molecule has 0 saturated carbocycles. The number of halogens is 2. The van der Waals surface area contributed by atoms with Gasteiger partial charge in [0, 0.05) is 22.8 Å². The molecule has 2 N–H and O–H groups in total. The van der Waals surface area contributed by atoms with Gasteiger partial charge in [-0.15, -0.1) is 11.8 Å². The highest BCUT2D eigenvalue weighted by atomic mass is 32.2. The SMILES string of the molecule is C[C@@H](N)CSc1ccc(F)cc1F. The van der Waals surface area contributed by atoms with Gasteiger partial charge in [0.05, 0.1) is 0 Å². The Morgan fingerprint density at radius 3 is 2.69 bits per heavy atom. The van der Waals surface area contributed by atoms with Crippen LogP contribution in [0, 0.1) is 11.6 Å². The number of rotatable bonds is 3. The lowest BCUT2D eigenvalue weighted by molar-refractivity contribution is 0.565. The van der Waals surface area contributed by atoms with Gasteiger partial charge in [-0.3, -0.25) is 0 Å². The van der Waals surface area contributed by atoms with Crippen molar-refractivity contribution in [1.82, 2.24) is 0 Å². The second kappa shape index (κ2) is 4.58. The van der Waals surface area contributed by atoms with Gasteiger partial charge in [0.25, 0.3) is 0 Å². The van der Waals surface area contributed by atoms with E-state index in [0.29, 0.717) is 10.6 Å². The largest absolute Gasteiger partial charge is 0.327 e. The first kappa shape index (κ1) is 10.5. The van der Waals surface area contributed by atoms with E-state index in [4.69, 9.17) is 5.73 Å². The Morgan fingerprint density at radius 1 is 1.46 bits per heavy atom. The minimum absolute atomic E-state index is 0.00875. The minimum atomic E-state index is -0.553. The van der Waals surface area contributed by atoms with Crippen molar-refractivity contribution >= 4 is 11.8 Å². The summed E-state index contributed by atoms with van der Waals surface area (Å²) >= 11 is 1.30. The Bertz CT molecular complexity index is 289. The smallest absolute Gasteiger partial charge is 0.139 e. The molecule has 0 spiro atoms. The normalized spacial score (nSPS) is 12.9. The fraction of sp³-hybridized carbons (Fsp3) is 0.333. The molecule has 13 heavy (non-hydrogen) atoms. The quantitative estimate of drug-likeness (QED) is 0.763. The summed E-state index contributed by atoms with van der Waals surface area (Å²) < 4.78 is 25.5. The van der Waals surface area contributed by atoms with Crippen LogP contribution in [0.5, 0.6) is 0 Å². The molecule has 0 unspecified atom stereocenters. The van der Waals surface area contributed by atoms with E-state index in [9.17, 15) is 8.78 Å². The van der Waals surface area contributed by atoms with E-state index < -0.39 is 11.6 Å². The number of hydrogen-bond donors (Lipinski definition) is 1. The van der Waals surface area contributed by atoms with E-state index >= 15 is 0 Å². The molecule has 1 atom stereocenters. The van der Waals surface area contributed by atoms with Gasteiger partial charge in [0.2, 0.25) is 0 Å². The second-order valence-electron chi connectivity index (χ2n) is 2.86. The van der Waals surface area contributed by atoms with Crippen molar-refractivity contribution in [2.75, 3.05) is 5.75 Å². The molecule has 0 aliphatic rings. The van der Waals surface area contributed by atoms with Crippen molar-refractivity contribution in [3.8, 4) is 0 Å². The number of hydrogen-bond acceptors (Lipinski definition) is 2. The van der Waals surface area contributed by atoms with Crippen molar-refractivity contribution < 1.29 is 8.78 Å². The number of benzene rings is 1. The second-order valence-corrected chi connectivity index (χ2v) is 3.92. The van der Waals surface area contributed by atoms with Crippen LogP contribution >= 0.6 is 11.8 Å². The first-order chi connectivity index (χ1) is 6.09. The molecule has 1 nitrogen and oxygen atoms in total. The first-order valence-electron chi connectivity index (χ1n) is 3.93. The van der Waals surface area contributed by atoms with Crippen LogP contribution in [-0.2, 0) is 0 Å². The Kier molecular flexibility index (Phi) is 3.69. The molecule has 0 aliphatic heterocycles. The van der Waals surface area contributed by atoms with Gasteiger partial charge in [-0.05, 0) is 19.1 Å². The summed E-state index contributed by atoms with van der Waals surface area (Å²) in [5, 5.41) is 0. The predicted molar refractivity (Wildman–Crippen MR) is 50.7 cm³/mol. The molecule has 0 heterocycles. The van der Waals surface area contributed by atoms with Crippen LogP contribution in [0.2, 0.25) is 0 Å². The first-order valence-corrected chi connectivity index (χ1v) is 4.91. The predicted octanol–water partition coefficient (Wildman–Crippen LogP) is 2.40. The standard InChI is InChI=1S/C9H11F2NS/c1-6(12)5-13-9-3-2-7(10)4-8(9)11/h2-4,6H,5,12H2,1H3/t6-/m1/s1. The summed E-state index contributed by atoms with van der Waals surface area (Å²) in [5.41, 5.74) is 5.50. The van der Waals surface area contributed by atoms with Gasteiger partial charge >= 0.3 is 0 Å². The molecule has 0 bridgehead atoms. The lowest BCUT2D eigenvalue weighted by Crippen LogP contribution is -2.17. The van der Waals surface area contributed by atoms with Crippen molar-refractivity contribution in [3.05, 3.63) is 29.8 Å². The van der Waals surface area contributed by atoms with Crippen LogP contribution in [0.3, 0.4) is 0 Å². The van der Waals surface area contributed by atoms with E-state index in [1.165, 1.54) is 23.9 Å².